The second-order valence-corrected chi connectivity index (χ2v) is 9.13. The highest BCUT2D eigenvalue weighted by atomic mass is 32.2. The first-order valence-electron chi connectivity index (χ1n) is 8.64. The van der Waals surface area contributed by atoms with Crippen molar-refractivity contribution in [3.63, 3.8) is 0 Å². The number of rotatable bonds is 6. The summed E-state index contributed by atoms with van der Waals surface area (Å²) in [6.07, 6.45) is 3.49. The maximum absolute atomic E-state index is 12.7. The molecule has 26 heavy (non-hydrogen) atoms. The van der Waals surface area contributed by atoms with E-state index in [1.807, 2.05) is 13.8 Å². The van der Waals surface area contributed by atoms with Gasteiger partial charge in [0.1, 0.15) is 10.7 Å². The maximum atomic E-state index is 12.7. The molecule has 3 rings (SSSR count). The number of aromatic nitrogens is 3. The first-order chi connectivity index (χ1) is 12.4. The van der Waals surface area contributed by atoms with Gasteiger partial charge in [-0.25, -0.2) is 18.4 Å². The van der Waals surface area contributed by atoms with Crippen LogP contribution in [-0.2, 0) is 16.4 Å². The zero-order valence-corrected chi connectivity index (χ0v) is 16.5. The lowest BCUT2D eigenvalue weighted by atomic mass is 9.98. The van der Waals surface area contributed by atoms with Gasteiger partial charge in [-0.15, -0.1) is 11.3 Å². The van der Waals surface area contributed by atoms with E-state index in [-0.39, 0.29) is 16.9 Å². The highest BCUT2D eigenvalue weighted by Crippen LogP contribution is 2.23. The SMILES string of the molecule is CCc1ncc(S(=O)(=O)N2CCC(CNC(=O)c3scnc3C)CC2)[nH]1. The normalized spacial score (nSPS) is 16.7. The van der Waals surface area contributed by atoms with E-state index in [4.69, 9.17) is 0 Å². The van der Waals surface area contributed by atoms with Crippen LogP contribution in [0.3, 0.4) is 0 Å². The summed E-state index contributed by atoms with van der Waals surface area (Å²) >= 11 is 1.33. The summed E-state index contributed by atoms with van der Waals surface area (Å²) in [5, 5.41) is 3.09. The number of thiazole rings is 1. The van der Waals surface area contributed by atoms with E-state index in [0.717, 1.165) is 18.5 Å². The maximum Gasteiger partial charge on any atom is 0.263 e. The highest BCUT2D eigenvalue weighted by molar-refractivity contribution is 7.89. The third kappa shape index (κ3) is 3.97. The molecule has 0 saturated carbocycles. The Labute approximate surface area is 157 Å². The van der Waals surface area contributed by atoms with Crippen molar-refractivity contribution in [1.82, 2.24) is 24.6 Å². The highest BCUT2D eigenvalue weighted by Gasteiger charge is 2.30. The van der Waals surface area contributed by atoms with Crippen LogP contribution < -0.4 is 5.32 Å². The number of nitrogens with one attached hydrogen (secondary N) is 2. The van der Waals surface area contributed by atoms with E-state index >= 15 is 0 Å². The van der Waals surface area contributed by atoms with Crippen molar-refractivity contribution in [3.8, 4) is 0 Å². The van der Waals surface area contributed by atoms with E-state index in [9.17, 15) is 13.2 Å². The van der Waals surface area contributed by atoms with Gasteiger partial charge in [0.25, 0.3) is 15.9 Å². The Morgan fingerprint density at radius 2 is 2.12 bits per heavy atom. The minimum Gasteiger partial charge on any atom is -0.351 e. The molecular formula is C16H23N5O3S2. The van der Waals surface area contributed by atoms with Crippen LogP contribution in [0.4, 0.5) is 0 Å². The number of hydrogen-bond donors (Lipinski definition) is 2. The summed E-state index contributed by atoms with van der Waals surface area (Å²) in [6.45, 7) is 5.18. The molecule has 1 aliphatic heterocycles. The Morgan fingerprint density at radius 1 is 1.38 bits per heavy atom. The van der Waals surface area contributed by atoms with Gasteiger partial charge >= 0.3 is 0 Å². The van der Waals surface area contributed by atoms with Gasteiger partial charge < -0.3 is 10.3 Å². The molecule has 1 fully saturated rings. The Morgan fingerprint density at radius 3 is 2.69 bits per heavy atom. The Hall–Kier alpha value is -1.78. The van der Waals surface area contributed by atoms with Crippen LogP contribution >= 0.6 is 11.3 Å². The molecular weight excluding hydrogens is 374 g/mol. The summed E-state index contributed by atoms with van der Waals surface area (Å²) in [5.74, 6) is 0.829. The number of piperidine rings is 1. The molecule has 8 nitrogen and oxygen atoms in total. The van der Waals surface area contributed by atoms with Crippen molar-refractivity contribution in [1.29, 1.82) is 0 Å². The largest absolute Gasteiger partial charge is 0.351 e. The quantitative estimate of drug-likeness (QED) is 0.769. The monoisotopic (exact) mass is 397 g/mol. The number of aryl methyl sites for hydroxylation is 2. The topological polar surface area (TPSA) is 108 Å². The Bertz CT molecular complexity index is 866. The molecule has 1 aliphatic rings. The predicted octanol–water partition coefficient (Wildman–Crippen LogP) is 1.57. The third-order valence-electron chi connectivity index (χ3n) is 4.63. The number of sulfonamides is 1. The molecule has 0 atom stereocenters. The standard InChI is InChI=1S/C16H23N5O3S2/c1-3-13-17-9-14(20-13)26(23,24)21-6-4-12(5-7-21)8-18-16(22)15-11(2)19-10-25-15/h9-10,12H,3-8H2,1-2H3,(H,17,20)(H,18,22). The van der Waals surface area contributed by atoms with Crippen molar-refractivity contribution < 1.29 is 13.2 Å². The summed E-state index contributed by atoms with van der Waals surface area (Å²) in [6, 6.07) is 0. The lowest BCUT2D eigenvalue weighted by molar-refractivity contribution is 0.0944. The van der Waals surface area contributed by atoms with Crippen molar-refractivity contribution in [2.75, 3.05) is 19.6 Å². The van der Waals surface area contributed by atoms with E-state index in [2.05, 4.69) is 20.3 Å². The Kier molecular flexibility index (Phi) is 5.73. The fourth-order valence-corrected chi connectivity index (χ4v) is 5.11. The summed E-state index contributed by atoms with van der Waals surface area (Å²) in [7, 11) is -3.53. The van der Waals surface area contributed by atoms with Crippen LogP contribution in [0.2, 0.25) is 0 Å². The van der Waals surface area contributed by atoms with Gasteiger partial charge in [-0.2, -0.15) is 4.31 Å². The molecule has 1 saturated heterocycles. The van der Waals surface area contributed by atoms with Crippen LogP contribution in [0.5, 0.6) is 0 Å². The molecule has 2 aromatic heterocycles. The second kappa shape index (κ2) is 7.85. The minimum atomic E-state index is -3.53. The van der Waals surface area contributed by atoms with Crippen LogP contribution in [0, 0.1) is 12.8 Å². The van der Waals surface area contributed by atoms with Crippen LogP contribution in [-0.4, -0.2) is 53.2 Å². The van der Waals surface area contributed by atoms with Gasteiger partial charge in [0.2, 0.25) is 0 Å². The lowest BCUT2D eigenvalue weighted by Gasteiger charge is -2.30. The van der Waals surface area contributed by atoms with Crippen LogP contribution in [0.1, 0.15) is 41.0 Å². The summed E-state index contributed by atoms with van der Waals surface area (Å²) in [5.41, 5.74) is 2.40. The van der Waals surface area contributed by atoms with Gasteiger partial charge in [0, 0.05) is 26.1 Å². The van der Waals surface area contributed by atoms with Gasteiger partial charge in [-0.1, -0.05) is 6.92 Å². The van der Waals surface area contributed by atoms with Crippen molar-refractivity contribution in [2.24, 2.45) is 5.92 Å². The van der Waals surface area contributed by atoms with Gasteiger partial charge in [-0.05, 0) is 25.7 Å². The molecule has 1 amide bonds. The third-order valence-corrected chi connectivity index (χ3v) is 7.37. The molecule has 0 aromatic carbocycles. The van der Waals surface area contributed by atoms with Crippen molar-refractivity contribution in [3.05, 3.63) is 28.1 Å². The fourth-order valence-electron chi connectivity index (χ4n) is 2.98. The lowest BCUT2D eigenvalue weighted by Crippen LogP contribution is -2.41. The van der Waals surface area contributed by atoms with E-state index in [1.165, 1.54) is 21.8 Å². The minimum absolute atomic E-state index is 0.107. The zero-order chi connectivity index (χ0) is 18.7. The van der Waals surface area contributed by atoms with Gasteiger partial charge in [0.15, 0.2) is 5.03 Å². The molecule has 142 valence electrons. The summed E-state index contributed by atoms with van der Waals surface area (Å²) in [4.78, 5) is 23.8. The first kappa shape index (κ1) is 19.0. The molecule has 0 radical (unpaired) electrons. The number of nitrogens with zero attached hydrogens (tertiary/aromatic N) is 3. The number of imidazole rings is 1. The number of hydrogen-bond acceptors (Lipinski definition) is 6. The first-order valence-corrected chi connectivity index (χ1v) is 11.0. The van der Waals surface area contributed by atoms with Crippen molar-refractivity contribution >= 4 is 27.3 Å². The number of amides is 1. The summed E-state index contributed by atoms with van der Waals surface area (Å²) < 4.78 is 26.8. The molecule has 0 bridgehead atoms. The smallest absolute Gasteiger partial charge is 0.263 e. The number of H-pyrrole nitrogens is 1. The molecule has 0 unspecified atom stereocenters. The molecule has 2 N–H and O–H groups in total. The van der Waals surface area contributed by atoms with E-state index < -0.39 is 10.0 Å². The molecule has 0 aliphatic carbocycles. The van der Waals surface area contributed by atoms with Crippen molar-refractivity contribution in [2.45, 2.75) is 38.1 Å². The number of carbonyl (C=O) groups is 1. The average molecular weight is 398 g/mol. The number of carbonyl (C=O) groups excluding carboxylic acids is 1. The molecule has 3 heterocycles. The second-order valence-electron chi connectivity index (χ2n) is 6.37. The van der Waals surface area contributed by atoms with Gasteiger partial charge in [0.05, 0.1) is 17.4 Å². The molecule has 0 spiro atoms. The zero-order valence-electron chi connectivity index (χ0n) is 14.9. The molecule has 10 heteroatoms. The van der Waals surface area contributed by atoms with Crippen LogP contribution in [0.15, 0.2) is 16.7 Å². The van der Waals surface area contributed by atoms with E-state index in [0.29, 0.717) is 36.8 Å². The predicted molar refractivity (Wildman–Crippen MR) is 98.6 cm³/mol. The average Bonchev–Trinajstić information content (AvgIpc) is 3.29. The van der Waals surface area contributed by atoms with Gasteiger partial charge in [-0.3, -0.25) is 4.79 Å². The van der Waals surface area contributed by atoms with Crippen LogP contribution in [0.25, 0.3) is 0 Å². The molecule has 2 aromatic rings. The van der Waals surface area contributed by atoms with E-state index in [1.54, 1.807) is 5.51 Å². The fraction of sp³-hybridized carbons (Fsp3) is 0.562. The Balaban J connectivity index is 1.52. The number of aromatic amines is 1.